The highest BCUT2D eigenvalue weighted by Gasteiger charge is 2.41. The molecule has 2 aromatic heterocycles. The molecule has 0 aliphatic carbocycles. The van der Waals surface area contributed by atoms with Crippen LogP contribution in [0.25, 0.3) is 10.9 Å². The molecule has 0 saturated carbocycles. The molecule has 7 nitrogen and oxygen atoms in total. The number of para-hydroxylation sites is 1. The Hall–Kier alpha value is -3.27. The molecule has 1 amide bonds. The molecule has 1 aliphatic rings. The third-order valence-electron chi connectivity index (χ3n) is 7.94. The van der Waals surface area contributed by atoms with E-state index in [9.17, 15) is 22.8 Å². The third kappa shape index (κ3) is 5.32. The zero-order valence-corrected chi connectivity index (χ0v) is 22.4. The van der Waals surface area contributed by atoms with Crippen molar-refractivity contribution in [2.24, 2.45) is 5.92 Å². The quantitative estimate of drug-likeness (QED) is 0.443. The van der Waals surface area contributed by atoms with Crippen LogP contribution < -0.4 is 15.6 Å². The average molecular weight is 533 g/mol. The van der Waals surface area contributed by atoms with Gasteiger partial charge in [0.2, 0.25) is 0 Å². The van der Waals surface area contributed by atoms with Crippen molar-refractivity contribution in [1.29, 1.82) is 0 Å². The molecule has 1 saturated heterocycles. The number of hydrogen-bond acceptors (Lipinski definition) is 4. The van der Waals surface area contributed by atoms with Crippen LogP contribution in [0.2, 0.25) is 0 Å². The summed E-state index contributed by atoms with van der Waals surface area (Å²) in [7, 11) is 1.48. The fraction of sp³-hybridized carbons (Fsp3) is 0.500. The van der Waals surface area contributed by atoms with E-state index in [-0.39, 0.29) is 30.0 Å². The molecular weight excluding hydrogens is 497 g/mol. The van der Waals surface area contributed by atoms with E-state index in [4.69, 9.17) is 4.74 Å². The number of carbonyl (C=O) groups excluding carboxylic acids is 1. The van der Waals surface area contributed by atoms with Crippen molar-refractivity contribution in [2.45, 2.75) is 65.3 Å². The number of nitrogens with zero attached hydrogens (tertiary/aromatic N) is 2. The lowest BCUT2D eigenvalue weighted by molar-refractivity contribution is -0.182. The fourth-order valence-corrected chi connectivity index (χ4v) is 5.70. The number of aromatic nitrogens is 2. The number of piperidine rings is 1. The van der Waals surface area contributed by atoms with Crippen LogP contribution in [0.5, 0.6) is 5.75 Å². The summed E-state index contributed by atoms with van der Waals surface area (Å²) in [6, 6.07) is 7.89. The molecule has 2 N–H and O–H groups in total. The van der Waals surface area contributed by atoms with Gasteiger partial charge in [-0.2, -0.15) is 13.2 Å². The van der Waals surface area contributed by atoms with Crippen LogP contribution in [0.15, 0.2) is 35.1 Å². The molecule has 1 fully saturated rings. The Labute approximate surface area is 220 Å². The number of carbonyl (C=O) groups is 1. The molecule has 10 heteroatoms. The minimum atomic E-state index is -4.23. The molecule has 0 bridgehead atoms. The summed E-state index contributed by atoms with van der Waals surface area (Å²) >= 11 is 0. The number of fused-ring (bicyclic) bond motifs is 1. The third-order valence-corrected chi connectivity index (χ3v) is 7.94. The van der Waals surface area contributed by atoms with Gasteiger partial charge in [0, 0.05) is 28.3 Å². The van der Waals surface area contributed by atoms with Crippen molar-refractivity contribution >= 4 is 16.8 Å². The van der Waals surface area contributed by atoms with Gasteiger partial charge in [-0.25, -0.2) is 0 Å². The number of methoxy groups -OCH3 is 1. The highest BCUT2D eigenvalue weighted by molar-refractivity contribution is 6.08. The van der Waals surface area contributed by atoms with E-state index in [1.165, 1.54) is 18.9 Å². The Bertz CT molecular complexity index is 1370. The number of alkyl halides is 3. The van der Waals surface area contributed by atoms with E-state index in [1.807, 2.05) is 31.2 Å². The largest absolute Gasteiger partial charge is 0.496 e. The number of H-pyrrole nitrogens is 1. The van der Waals surface area contributed by atoms with Crippen LogP contribution >= 0.6 is 0 Å². The smallest absolute Gasteiger partial charge is 0.403 e. The van der Waals surface area contributed by atoms with Gasteiger partial charge in [-0.05, 0) is 71.7 Å². The van der Waals surface area contributed by atoms with Gasteiger partial charge in [0.05, 0.1) is 24.8 Å². The summed E-state index contributed by atoms with van der Waals surface area (Å²) in [4.78, 5) is 30.2. The van der Waals surface area contributed by atoms with Crippen LogP contribution in [-0.4, -0.2) is 52.8 Å². The van der Waals surface area contributed by atoms with E-state index >= 15 is 0 Å². The molecule has 3 heterocycles. The topological polar surface area (TPSA) is 79.4 Å². The summed E-state index contributed by atoms with van der Waals surface area (Å²) in [5.74, 6) is 0.276. The van der Waals surface area contributed by atoms with Crippen LogP contribution in [0.4, 0.5) is 13.2 Å². The van der Waals surface area contributed by atoms with Gasteiger partial charge in [-0.1, -0.05) is 18.2 Å². The lowest BCUT2D eigenvalue weighted by Crippen LogP contribution is -2.48. The molecule has 2 atom stereocenters. The van der Waals surface area contributed by atoms with Crippen molar-refractivity contribution in [3.05, 3.63) is 63.2 Å². The van der Waals surface area contributed by atoms with Gasteiger partial charge in [0.15, 0.2) is 0 Å². The van der Waals surface area contributed by atoms with Crippen LogP contribution in [0, 0.1) is 19.8 Å². The van der Waals surface area contributed by atoms with Crippen LogP contribution in [-0.2, 0) is 6.54 Å². The number of hydrogen-bond donors (Lipinski definition) is 2. The molecular formula is C28H35F3N4O3. The minimum Gasteiger partial charge on any atom is -0.496 e. The van der Waals surface area contributed by atoms with E-state index < -0.39 is 12.2 Å². The van der Waals surface area contributed by atoms with Gasteiger partial charge in [-0.3, -0.25) is 14.5 Å². The number of pyridine rings is 1. The van der Waals surface area contributed by atoms with Gasteiger partial charge >= 0.3 is 6.18 Å². The summed E-state index contributed by atoms with van der Waals surface area (Å²) in [5, 5.41) is 3.68. The Kier molecular flexibility index (Phi) is 7.92. The summed E-state index contributed by atoms with van der Waals surface area (Å²) < 4.78 is 47.1. The molecule has 3 aromatic rings. The Balaban J connectivity index is 1.58. The second kappa shape index (κ2) is 10.8. The second-order valence-electron chi connectivity index (χ2n) is 10.2. The van der Waals surface area contributed by atoms with Crippen molar-refractivity contribution in [3.63, 3.8) is 0 Å². The second-order valence-corrected chi connectivity index (χ2v) is 10.2. The molecule has 1 aromatic carbocycles. The monoisotopic (exact) mass is 532 g/mol. The first-order valence-electron chi connectivity index (χ1n) is 12.9. The van der Waals surface area contributed by atoms with Gasteiger partial charge in [-0.15, -0.1) is 0 Å². The predicted molar refractivity (Wildman–Crippen MR) is 141 cm³/mol. The zero-order valence-electron chi connectivity index (χ0n) is 22.4. The first kappa shape index (κ1) is 27.8. The van der Waals surface area contributed by atoms with Crippen molar-refractivity contribution in [2.75, 3.05) is 20.2 Å². The molecule has 0 spiro atoms. The highest BCUT2D eigenvalue weighted by Crippen LogP contribution is 2.37. The maximum Gasteiger partial charge on any atom is 0.403 e. The normalized spacial score (nSPS) is 16.9. The maximum atomic E-state index is 13.5. The first-order chi connectivity index (χ1) is 17.9. The van der Waals surface area contributed by atoms with Gasteiger partial charge in [0.25, 0.3) is 11.5 Å². The standard InChI is InChI=1S/C28H35F3N4O3/c1-16-14-24(38-5)22(26(36)33-16)15-32-27(37)25-18(3)35(23-9-7-6-8-21(23)25)17(2)20-10-12-34(13-11-20)19(4)28(29,30)31/h6-9,14,17,19-20H,10-13,15H2,1-5H3,(H,32,37)(H,33,36)/t17-,19?/m1/s1. The number of aromatic amines is 1. The lowest BCUT2D eigenvalue weighted by Gasteiger charge is -2.39. The summed E-state index contributed by atoms with van der Waals surface area (Å²) in [6.07, 6.45) is -2.95. The SMILES string of the molecule is COc1cc(C)[nH]c(=O)c1CNC(=O)c1c(C)n([C@H](C)C2CCN(C(C)C(F)(F)F)CC2)c2ccccc12. The average Bonchev–Trinajstić information content (AvgIpc) is 3.17. The maximum absolute atomic E-state index is 13.5. The minimum absolute atomic E-state index is 0.00195. The van der Waals surface area contributed by atoms with Crippen molar-refractivity contribution in [3.8, 4) is 5.75 Å². The number of benzene rings is 1. The molecule has 1 aliphatic heterocycles. The molecule has 4 rings (SSSR count). The van der Waals surface area contributed by atoms with E-state index in [2.05, 4.69) is 21.8 Å². The van der Waals surface area contributed by atoms with Crippen LogP contribution in [0.3, 0.4) is 0 Å². The Morgan fingerprint density at radius 1 is 1.18 bits per heavy atom. The molecule has 1 unspecified atom stereocenters. The first-order valence-corrected chi connectivity index (χ1v) is 12.9. The van der Waals surface area contributed by atoms with E-state index in [0.717, 1.165) is 16.6 Å². The number of aryl methyl sites for hydroxylation is 1. The van der Waals surface area contributed by atoms with Gasteiger partial charge < -0.3 is 19.6 Å². The number of ether oxygens (including phenoxy) is 1. The molecule has 0 radical (unpaired) electrons. The number of rotatable bonds is 7. The number of amides is 1. The Morgan fingerprint density at radius 3 is 2.47 bits per heavy atom. The number of likely N-dealkylation sites (tertiary alicyclic amines) is 1. The fourth-order valence-electron chi connectivity index (χ4n) is 5.70. The lowest BCUT2D eigenvalue weighted by atomic mass is 9.89. The summed E-state index contributed by atoms with van der Waals surface area (Å²) in [6.45, 7) is 7.71. The van der Waals surface area contributed by atoms with Crippen molar-refractivity contribution in [1.82, 2.24) is 19.8 Å². The summed E-state index contributed by atoms with van der Waals surface area (Å²) in [5.41, 5.74) is 2.89. The molecule has 38 heavy (non-hydrogen) atoms. The zero-order chi connectivity index (χ0) is 27.8. The van der Waals surface area contributed by atoms with E-state index in [0.29, 0.717) is 48.5 Å². The highest BCUT2D eigenvalue weighted by atomic mass is 19.4. The number of halogens is 3. The van der Waals surface area contributed by atoms with Gasteiger partial charge in [0.1, 0.15) is 11.8 Å². The Morgan fingerprint density at radius 2 is 1.84 bits per heavy atom. The predicted octanol–water partition coefficient (Wildman–Crippen LogP) is 5.11. The molecule has 206 valence electrons. The van der Waals surface area contributed by atoms with Crippen molar-refractivity contribution < 1.29 is 22.7 Å². The number of nitrogens with one attached hydrogen (secondary N) is 2. The van der Waals surface area contributed by atoms with Crippen LogP contribution in [0.1, 0.15) is 60.0 Å². The van der Waals surface area contributed by atoms with E-state index in [1.54, 1.807) is 13.0 Å².